The molecule has 15 heteroatoms. The van der Waals surface area contributed by atoms with Crippen LogP contribution in [0.2, 0.25) is 5.02 Å². The molecule has 1 N–H and O–H groups in total. The van der Waals surface area contributed by atoms with E-state index in [1.54, 1.807) is 6.92 Å². The van der Waals surface area contributed by atoms with Gasteiger partial charge < -0.3 is 29.2 Å². The van der Waals surface area contributed by atoms with Crippen LogP contribution in [0.4, 0.5) is 23.0 Å². The maximum Gasteiger partial charge on any atom is 0.233 e. The van der Waals surface area contributed by atoms with Gasteiger partial charge in [-0.05, 0) is 129 Å². The van der Waals surface area contributed by atoms with Gasteiger partial charge in [-0.2, -0.15) is 15.5 Å². The molecule has 5 aliphatic heterocycles. The van der Waals surface area contributed by atoms with Crippen molar-refractivity contribution in [3.8, 4) is 23.1 Å². The second-order valence-electron chi connectivity index (χ2n) is 20.4. The zero-order valence-corrected chi connectivity index (χ0v) is 41.0. The Balaban J connectivity index is 0.000000165. The number of rotatable bonds is 8. The van der Waals surface area contributed by atoms with Crippen LogP contribution < -0.4 is 19.4 Å². The number of aryl methyl sites for hydroxylation is 3. The van der Waals surface area contributed by atoms with E-state index >= 15 is 0 Å². The Morgan fingerprint density at radius 1 is 0.912 bits per heavy atom. The third kappa shape index (κ3) is 10.1. The normalized spacial score (nSPS) is 19.9. The fraction of sp³-hybridized carbons (Fsp3) is 0.547. The number of aromatic amines is 1. The van der Waals surface area contributed by atoms with Crippen molar-refractivity contribution in [3.05, 3.63) is 87.8 Å². The number of nitriles is 1. The Hall–Kier alpha value is -5.65. The quantitative estimate of drug-likeness (QED) is 0.160. The van der Waals surface area contributed by atoms with Gasteiger partial charge in [0.1, 0.15) is 12.2 Å². The number of fused-ring (bicyclic) bond motifs is 2. The first-order valence-corrected chi connectivity index (χ1v) is 25.6. The third-order valence-electron chi connectivity index (χ3n) is 15.9. The molecule has 0 atom stereocenters. The molecule has 2 aromatic carbocycles. The van der Waals surface area contributed by atoms with Crippen molar-refractivity contribution in [2.75, 3.05) is 73.6 Å². The monoisotopic (exact) mass is 939 g/mol. The smallest absolute Gasteiger partial charge is 0.233 e. The summed E-state index contributed by atoms with van der Waals surface area (Å²) in [5.41, 5.74) is 10.5. The molecule has 8 heterocycles. The van der Waals surface area contributed by atoms with Gasteiger partial charge in [-0.15, -0.1) is 10.2 Å². The summed E-state index contributed by atoms with van der Waals surface area (Å²) in [5, 5.41) is 30.9. The fourth-order valence-electron chi connectivity index (χ4n) is 11.8. The highest BCUT2D eigenvalue weighted by Crippen LogP contribution is 2.44. The average molecular weight is 940 g/mol. The molecule has 1 saturated carbocycles. The lowest BCUT2D eigenvalue weighted by atomic mass is 9.78. The number of carbonyl (C=O) groups excluding carboxylic acids is 1. The van der Waals surface area contributed by atoms with E-state index in [4.69, 9.17) is 21.6 Å². The number of H-pyrrole nitrogens is 1. The molecule has 0 unspecified atom stereocenters. The van der Waals surface area contributed by atoms with E-state index in [0.29, 0.717) is 28.4 Å². The summed E-state index contributed by atoms with van der Waals surface area (Å²) in [6.45, 7) is 13.8. The minimum atomic E-state index is 0.124. The van der Waals surface area contributed by atoms with Gasteiger partial charge >= 0.3 is 0 Å². The van der Waals surface area contributed by atoms with E-state index < -0.39 is 0 Å². The summed E-state index contributed by atoms with van der Waals surface area (Å²) in [6, 6.07) is 16.6. The Kier molecular flexibility index (Phi) is 13.6. The highest BCUT2D eigenvalue weighted by Gasteiger charge is 2.41. The van der Waals surface area contributed by atoms with Crippen molar-refractivity contribution >= 4 is 40.5 Å². The lowest BCUT2D eigenvalue weighted by Crippen LogP contribution is -2.42. The van der Waals surface area contributed by atoms with E-state index in [2.05, 4.69) is 82.5 Å². The summed E-state index contributed by atoms with van der Waals surface area (Å²) >= 11 is 6.30. The molecule has 6 aliphatic rings. The first-order chi connectivity index (χ1) is 33.1. The van der Waals surface area contributed by atoms with Gasteiger partial charge in [-0.25, -0.2) is 0 Å². The van der Waals surface area contributed by atoms with Gasteiger partial charge in [0.15, 0.2) is 11.6 Å². The molecule has 1 aliphatic carbocycles. The van der Waals surface area contributed by atoms with Gasteiger partial charge in [0, 0.05) is 120 Å². The number of carbonyl (C=O) groups is 1. The van der Waals surface area contributed by atoms with Crippen molar-refractivity contribution < 1.29 is 9.53 Å². The molecule has 5 aromatic rings. The summed E-state index contributed by atoms with van der Waals surface area (Å²) < 4.78 is 8.08. The maximum absolute atomic E-state index is 11.9. The number of aromatic nitrogens is 6. The van der Waals surface area contributed by atoms with E-state index in [1.165, 1.54) is 67.4 Å². The summed E-state index contributed by atoms with van der Waals surface area (Å²) in [6.07, 6.45) is 20.0. The number of likely N-dealkylation sites (tertiary alicyclic amines) is 1. The Labute approximate surface area is 406 Å². The number of amides is 1. The second kappa shape index (κ2) is 20.1. The summed E-state index contributed by atoms with van der Waals surface area (Å²) in [7, 11) is 1.95. The summed E-state index contributed by atoms with van der Waals surface area (Å²) in [5.74, 6) is 3.62. The zero-order valence-electron chi connectivity index (χ0n) is 40.2. The zero-order chi connectivity index (χ0) is 46.8. The molecule has 1 spiro atoms. The maximum atomic E-state index is 11.9. The molecule has 358 valence electrons. The van der Waals surface area contributed by atoms with Crippen LogP contribution in [0.15, 0.2) is 54.9 Å². The Morgan fingerprint density at radius 2 is 1.71 bits per heavy atom. The predicted octanol–water partition coefficient (Wildman–Crippen LogP) is 9.03. The topological polar surface area (TPSA) is 139 Å². The van der Waals surface area contributed by atoms with Crippen LogP contribution in [0.5, 0.6) is 5.88 Å². The fourth-order valence-corrected chi connectivity index (χ4v) is 12.0. The van der Waals surface area contributed by atoms with E-state index in [0.717, 1.165) is 137 Å². The predicted molar refractivity (Wildman–Crippen MR) is 268 cm³/mol. The molecule has 0 bridgehead atoms. The van der Waals surface area contributed by atoms with E-state index in [1.807, 2.05) is 47.1 Å². The number of nitrogens with zero attached hydrogens (tertiary/aromatic N) is 11. The molecular weight excluding hydrogens is 872 g/mol. The van der Waals surface area contributed by atoms with Crippen LogP contribution in [0.1, 0.15) is 106 Å². The number of benzene rings is 2. The standard InChI is InChI=1S/C31H41ClN6O.C22H26N6O/c32-28-20-26(7-6-25(28)21-33)38-19-14-31(23-38)12-17-37(18-13-31)29-8-9-30(35-34-29)39-27-10-15-36(16-11-27)22-24-4-2-1-3-5-24;1-14-9-21-16(10-18(14)17-11-23-26(3)12-17)5-4-7-28(21)22-19-13-27(15(2)29)8-6-20(19)24-25-22/h6-9,20,24,27H,1-5,10-19,22-23H2;9-12H,4-8,13H2,1-3H3,(H,24,25). The van der Waals surface area contributed by atoms with Crippen LogP contribution in [0.3, 0.4) is 0 Å². The number of halogens is 1. The van der Waals surface area contributed by atoms with Crippen LogP contribution >= 0.6 is 11.6 Å². The molecule has 0 radical (unpaired) electrons. The van der Waals surface area contributed by atoms with Crippen molar-refractivity contribution in [2.24, 2.45) is 18.4 Å². The molecule has 4 fully saturated rings. The van der Waals surface area contributed by atoms with Crippen LogP contribution in [-0.2, 0) is 31.2 Å². The Morgan fingerprint density at radius 3 is 2.41 bits per heavy atom. The van der Waals surface area contributed by atoms with Crippen LogP contribution in [0.25, 0.3) is 11.1 Å². The van der Waals surface area contributed by atoms with Gasteiger partial charge in [0.25, 0.3) is 0 Å². The molecular formula is C53H67ClN12O2. The molecule has 11 rings (SSSR count). The molecule has 1 amide bonds. The SMILES string of the molecule is CC(=O)N1CCc2[nH]nc(N3CCCc4cc(-c5cnn(C)c5)c(C)cc43)c2C1.N#Cc1ccc(N2CCC3(CCN(c4ccc(OC5CCN(CC6CCCCC6)CC5)nn4)CC3)C2)cc1Cl. The van der Waals surface area contributed by atoms with E-state index in [-0.39, 0.29) is 12.0 Å². The van der Waals surface area contributed by atoms with Crippen LogP contribution in [-0.4, -0.2) is 111 Å². The Bertz CT molecular complexity index is 2600. The number of hydrogen-bond donors (Lipinski definition) is 1. The first kappa shape index (κ1) is 46.1. The van der Waals surface area contributed by atoms with Gasteiger partial charge in [-0.1, -0.05) is 30.9 Å². The average Bonchev–Trinajstić information content (AvgIpc) is 4.11. The van der Waals surface area contributed by atoms with Gasteiger partial charge in [-0.3, -0.25) is 14.6 Å². The number of piperidine rings is 2. The summed E-state index contributed by atoms with van der Waals surface area (Å²) in [4.78, 5) is 23.6. The number of anilines is 4. The van der Waals surface area contributed by atoms with Crippen molar-refractivity contribution in [2.45, 2.75) is 110 Å². The third-order valence-corrected chi connectivity index (χ3v) is 16.2. The van der Waals surface area contributed by atoms with E-state index in [9.17, 15) is 4.79 Å². The number of hydrogen-bond acceptors (Lipinski definition) is 11. The second-order valence-corrected chi connectivity index (χ2v) is 20.8. The minimum Gasteiger partial charge on any atom is -0.473 e. The number of ether oxygens (including phenoxy) is 1. The molecule has 3 saturated heterocycles. The number of nitrogens with one attached hydrogen (secondary N) is 1. The van der Waals surface area contributed by atoms with Gasteiger partial charge in [0.2, 0.25) is 11.8 Å². The highest BCUT2D eigenvalue weighted by molar-refractivity contribution is 6.32. The van der Waals surface area contributed by atoms with Gasteiger partial charge in [0.05, 0.1) is 23.3 Å². The van der Waals surface area contributed by atoms with Crippen molar-refractivity contribution in [1.29, 1.82) is 5.26 Å². The molecule has 14 nitrogen and oxygen atoms in total. The minimum absolute atomic E-state index is 0.124. The highest BCUT2D eigenvalue weighted by atomic mass is 35.5. The lowest BCUT2D eigenvalue weighted by Gasteiger charge is -2.39. The first-order valence-electron chi connectivity index (χ1n) is 25.2. The van der Waals surface area contributed by atoms with Crippen LogP contribution in [0, 0.1) is 29.6 Å². The lowest BCUT2D eigenvalue weighted by molar-refractivity contribution is -0.129. The molecule has 3 aromatic heterocycles. The van der Waals surface area contributed by atoms with Crippen molar-refractivity contribution in [3.63, 3.8) is 0 Å². The largest absolute Gasteiger partial charge is 0.473 e. The molecule has 68 heavy (non-hydrogen) atoms. The van der Waals surface area contributed by atoms with Crippen molar-refractivity contribution in [1.82, 2.24) is 40.0 Å².